The molecule has 3 aromatic rings. The smallest absolute Gasteiger partial charge is 0.226 e. The molecule has 0 aliphatic rings. The maximum atomic E-state index is 12.3. The summed E-state index contributed by atoms with van der Waals surface area (Å²) in [5, 5.41) is 1.13. The Morgan fingerprint density at radius 1 is 0.958 bits per heavy atom. The van der Waals surface area contributed by atoms with Crippen molar-refractivity contribution < 1.29 is 12.8 Å². The summed E-state index contributed by atoms with van der Waals surface area (Å²) >= 11 is 11.7. The first-order valence-corrected chi connectivity index (χ1v) is 9.64. The molecule has 7 heteroatoms. The van der Waals surface area contributed by atoms with E-state index in [1.165, 1.54) is 6.26 Å². The van der Waals surface area contributed by atoms with Crippen LogP contribution in [-0.2, 0) is 21.3 Å². The van der Waals surface area contributed by atoms with Crippen LogP contribution in [0.25, 0.3) is 11.5 Å². The second-order valence-corrected chi connectivity index (χ2v) is 8.25. The highest BCUT2D eigenvalue weighted by Gasteiger charge is 2.17. The third kappa shape index (κ3) is 4.38. The minimum absolute atomic E-state index is 0.0798. The van der Waals surface area contributed by atoms with E-state index in [0.717, 1.165) is 0 Å². The van der Waals surface area contributed by atoms with E-state index < -0.39 is 9.84 Å². The van der Waals surface area contributed by atoms with Gasteiger partial charge in [-0.1, -0.05) is 41.4 Å². The molecule has 0 aliphatic heterocycles. The van der Waals surface area contributed by atoms with Crippen molar-refractivity contribution in [3.8, 4) is 11.5 Å². The molecule has 0 saturated carbocycles. The molecule has 1 heterocycles. The molecule has 0 spiro atoms. The van der Waals surface area contributed by atoms with Gasteiger partial charge in [-0.2, -0.15) is 0 Å². The van der Waals surface area contributed by atoms with Crippen molar-refractivity contribution in [2.45, 2.75) is 11.5 Å². The SMILES string of the molecule is O=S(=O)(Cc1ccc(Cl)cc1)Cc1coc(-c2cccc(Cl)c2)n1. The average molecular weight is 382 g/mol. The van der Waals surface area contributed by atoms with Gasteiger partial charge in [-0.05, 0) is 35.9 Å². The van der Waals surface area contributed by atoms with Gasteiger partial charge < -0.3 is 4.42 Å². The van der Waals surface area contributed by atoms with Gasteiger partial charge in [0.2, 0.25) is 5.89 Å². The Morgan fingerprint density at radius 2 is 1.71 bits per heavy atom. The van der Waals surface area contributed by atoms with Gasteiger partial charge in [0, 0.05) is 15.6 Å². The fraction of sp³-hybridized carbons (Fsp3) is 0.118. The molecule has 0 bridgehead atoms. The Bertz CT molecular complexity index is 950. The first-order valence-electron chi connectivity index (χ1n) is 7.06. The summed E-state index contributed by atoms with van der Waals surface area (Å²) in [6, 6.07) is 13.7. The standard InChI is InChI=1S/C17H13Cl2NO3S/c18-14-6-4-12(5-7-14)10-24(21,22)11-16-9-23-17(20-16)13-2-1-3-15(19)8-13/h1-9H,10-11H2. The second-order valence-electron chi connectivity index (χ2n) is 5.31. The van der Waals surface area contributed by atoms with Gasteiger partial charge in [0.25, 0.3) is 0 Å². The molecule has 0 aliphatic carbocycles. The summed E-state index contributed by atoms with van der Waals surface area (Å²) in [7, 11) is -3.37. The van der Waals surface area contributed by atoms with E-state index in [2.05, 4.69) is 4.98 Å². The normalized spacial score (nSPS) is 11.6. The lowest BCUT2D eigenvalue weighted by atomic mass is 10.2. The number of hydrogen-bond acceptors (Lipinski definition) is 4. The molecular weight excluding hydrogens is 369 g/mol. The molecule has 0 fully saturated rings. The van der Waals surface area contributed by atoms with E-state index in [-0.39, 0.29) is 11.5 Å². The van der Waals surface area contributed by atoms with Crippen LogP contribution in [0.1, 0.15) is 11.3 Å². The lowest BCUT2D eigenvalue weighted by molar-refractivity contribution is 0.571. The first kappa shape index (κ1) is 17.0. The largest absolute Gasteiger partial charge is 0.444 e. The first-order chi connectivity index (χ1) is 11.4. The Balaban J connectivity index is 1.75. The highest BCUT2D eigenvalue weighted by molar-refractivity contribution is 7.89. The number of oxazole rings is 1. The predicted molar refractivity (Wildman–Crippen MR) is 94.7 cm³/mol. The lowest BCUT2D eigenvalue weighted by Gasteiger charge is -2.02. The Morgan fingerprint density at radius 3 is 2.42 bits per heavy atom. The summed E-state index contributed by atoms with van der Waals surface area (Å²) in [5.41, 5.74) is 1.74. The Kier molecular flexibility index (Phi) is 4.94. The van der Waals surface area contributed by atoms with Crippen molar-refractivity contribution in [2.24, 2.45) is 0 Å². The van der Waals surface area contributed by atoms with E-state index in [0.29, 0.717) is 32.8 Å². The number of halogens is 2. The summed E-state index contributed by atoms with van der Waals surface area (Å²) < 4.78 is 30.0. The van der Waals surface area contributed by atoms with Gasteiger partial charge in [0.1, 0.15) is 6.26 Å². The number of benzene rings is 2. The Hall–Kier alpha value is -1.82. The van der Waals surface area contributed by atoms with Crippen molar-refractivity contribution in [3.05, 3.63) is 76.1 Å². The fourth-order valence-electron chi connectivity index (χ4n) is 2.24. The van der Waals surface area contributed by atoms with Crippen LogP contribution < -0.4 is 0 Å². The molecule has 0 amide bonds. The van der Waals surface area contributed by atoms with Gasteiger partial charge in [-0.15, -0.1) is 0 Å². The zero-order valence-electron chi connectivity index (χ0n) is 12.4. The highest BCUT2D eigenvalue weighted by atomic mass is 35.5. The van der Waals surface area contributed by atoms with Crippen LogP contribution in [0.2, 0.25) is 10.0 Å². The monoisotopic (exact) mass is 381 g/mol. The zero-order valence-corrected chi connectivity index (χ0v) is 14.8. The van der Waals surface area contributed by atoms with Crippen molar-refractivity contribution in [2.75, 3.05) is 0 Å². The van der Waals surface area contributed by atoms with Gasteiger partial charge in [-0.25, -0.2) is 13.4 Å². The molecule has 0 unspecified atom stereocenters. The van der Waals surface area contributed by atoms with Crippen molar-refractivity contribution >= 4 is 33.0 Å². The van der Waals surface area contributed by atoms with E-state index in [4.69, 9.17) is 27.6 Å². The van der Waals surface area contributed by atoms with Gasteiger partial charge in [0.15, 0.2) is 9.84 Å². The average Bonchev–Trinajstić information content (AvgIpc) is 2.97. The molecule has 0 atom stereocenters. The lowest BCUT2D eigenvalue weighted by Crippen LogP contribution is -2.07. The third-order valence-corrected chi connectivity index (χ3v) is 5.29. The van der Waals surface area contributed by atoms with E-state index in [1.54, 1.807) is 48.5 Å². The van der Waals surface area contributed by atoms with E-state index in [1.807, 2.05) is 0 Å². The zero-order chi connectivity index (χ0) is 17.2. The van der Waals surface area contributed by atoms with Crippen LogP contribution in [0.5, 0.6) is 0 Å². The molecule has 24 heavy (non-hydrogen) atoms. The second kappa shape index (κ2) is 6.97. The molecule has 124 valence electrons. The van der Waals surface area contributed by atoms with Crippen molar-refractivity contribution in [3.63, 3.8) is 0 Å². The highest BCUT2D eigenvalue weighted by Crippen LogP contribution is 2.23. The molecule has 2 aromatic carbocycles. The Labute approximate surface area is 150 Å². The van der Waals surface area contributed by atoms with Crippen molar-refractivity contribution in [1.29, 1.82) is 0 Å². The topological polar surface area (TPSA) is 60.2 Å². The molecule has 0 saturated heterocycles. The molecule has 0 radical (unpaired) electrons. The van der Waals surface area contributed by atoms with E-state index >= 15 is 0 Å². The predicted octanol–water partition coefficient (Wildman–Crippen LogP) is 4.76. The summed E-state index contributed by atoms with van der Waals surface area (Å²) in [6.45, 7) is 0. The van der Waals surface area contributed by atoms with Crippen LogP contribution in [0.15, 0.2) is 59.2 Å². The minimum Gasteiger partial charge on any atom is -0.444 e. The molecule has 3 rings (SSSR count). The number of rotatable bonds is 5. The quantitative estimate of drug-likeness (QED) is 0.638. The molecule has 0 N–H and O–H groups in total. The maximum absolute atomic E-state index is 12.3. The van der Waals surface area contributed by atoms with Crippen LogP contribution >= 0.6 is 23.2 Å². The van der Waals surface area contributed by atoms with Gasteiger partial charge >= 0.3 is 0 Å². The maximum Gasteiger partial charge on any atom is 0.226 e. The molecule has 1 aromatic heterocycles. The van der Waals surface area contributed by atoms with E-state index in [9.17, 15) is 8.42 Å². The number of nitrogens with zero attached hydrogens (tertiary/aromatic N) is 1. The molecule has 4 nitrogen and oxygen atoms in total. The summed E-state index contributed by atoms with van der Waals surface area (Å²) in [5.74, 6) is 0.0673. The summed E-state index contributed by atoms with van der Waals surface area (Å²) in [6.07, 6.45) is 1.36. The van der Waals surface area contributed by atoms with Gasteiger partial charge in [-0.3, -0.25) is 0 Å². The molecular formula is C17H13Cl2NO3S. The fourth-order valence-corrected chi connectivity index (χ4v) is 3.94. The number of sulfone groups is 1. The summed E-state index contributed by atoms with van der Waals surface area (Å²) in [4.78, 5) is 4.24. The van der Waals surface area contributed by atoms with Crippen LogP contribution in [0.3, 0.4) is 0 Å². The van der Waals surface area contributed by atoms with Gasteiger partial charge in [0.05, 0.1) is 17.2 Å². The van der Waals surface area contributed by atoms with Crippen LogP contribution in [-0.4, -0.2) is 13.4 Å². The number of hydrogen-bond donors (Lipinski definition) is 0. The van der Waals surface area contributed by atoms with Crippen LogP contribution in [0.4, 0.5) is 0 Å². The third-order valence-electron chi connectivity index (χ3n) is 3.29. The van der Waals surface area contributed by atoms with Crippen molar-refractivity contribution in [1.82, 2.24) is 4.98 Å². The number of aromatic nitrogens is 1. The van der Waals surface area contributed by atoms with Crippen LogP contribution in [0, 0.1) is 0 Å². The minimum atomic E-state index is -3.37.